The average molecular weight is 303 g/mol. The van der Waals surface area contributed by atoms with Gasteiger partial charge in [0, 0.05) is 12.3 Å². The van der Waals surface area contributed by atoms with Crippen molar-refractivity contribution in [3.8, 4) is 0 Å². The summed E-state index contributed by atoms with van der Waals surface area (Å²) in [6, 6.07) is 1.67. The molecule has 4 fully saturated rings. The lowest BCUT2D eigenvalue weighted by atomic mass is 9.49. The first-order chi connectivity index (χ1) is 10.5. The summed E-state index contributed by atoms with van der Waals surface area (Å²) in [4.78, 5) is 23.5. The summed E-state index contributed by atoms with van der Waals surface area (Å²) in [7, 11) is 0. The van der Waals surface area contributed by atoms with Crippen molar-refractivity contribution in [1.82, 2.24) is 9.78 Å². The number of hydrogen-bond acceptors (Lipinski definition) is 3. The molecule has 22 heavy (non-hydrogen) atoms. The third-order valence-electron chi connectivity index (χ3n) is 5.70. The maximum absolute atomic E-state index is 12.8. The quantitative estimate of drug-likeness (QED) is 0.892. The number of nitrogens with one attached hydrogen (secondary N) is 1. The van der Waals surface area contributed by atoms with Crippen LogP contribution in [0.3, 0.4) is 0 Å². The molecule has 2 N–H and O–H groups in total. The molecule has 1 amide bonds. The lowest BCUT2D eigenvalue weighted by molar-refractivity contribution is -0.140. The van der Waals surface area contributed by atoms with Gasteiger partial charge in [-0.15, -0.1) is 0 Å². The summed E-state index contributed by atoms with van der Waals surface area (Å²) in [5.74, 6) is 1.78. The minimum atomic E-state index is -0.943. The first-order valence-electron chi connectivity index (χ1n) is 8.09. The van der Waals surface area contributed by atoms with Gasteiger partial charge < -0.3 is 10.4 Å². The molecule has 0 radical (unpaired) electrons. The number of anilines is 1. The van der Waals surface area contributed by atoms with Crippen LogP contribution in [0.4, 0.5) is 5.82 Å². The summed E-state index contributed by atoms with van der Waals surface area (Å²) in [6.45, 7) is -0.187. The molecule has 1 aromatic rings. The molecule has 6 nitrogen and oxygen atoms in total. The van der Waals surface area contributed by atoms with Gasteiger partial charge >= 0.3 is 5.97 Å². The van der Waals surface area contributed by atoms with Gasteiger partial charge in [-0.3, -0.25) is 14.3 Å². The molecule has 1 aromatic heterocycles. The fourth-order valence-corrected chi connectivity index (χ4v) is 5.29. The Kier molecular flexibility index (Phi) is 3.03. The average Bonchev–Trinajstić information content (AvgIpc) is 2.83. The molecule has 0 unspecified atom stereocenters. The number of hydrogen-bond donors (Lipinski definition) is 2. The number of amides is 1. The number of aromatic nitrogens is 2. The van der Waals surface area contributed by atoms with Crippen molar-refractivity contribution in [2.45, 2.75) is 45.1 Å². The third-order valence-corrected chi connectivity index (χ3v) is 5.70. The lowest BCUT2D eigenvalue weighted by Gasteiger charge is -2.55. The highest BCUT2D eigenvalue weighted by molar-refractivity contribution is 5.94. The number of carboxylic acids is 1. The first kappa shape index (κ1) is 13.8. The Morgan fingerprint density at radius 2 is 1.82 bits per heavy atom. The van der Waals surface area contributed by atoms with Crippen LogP contribution >= 0.6 is 0 Å². The van der Waals surface area contributed by atoms with E-state index < -0.39 is 5.97 Å². The molecule has 0 aromatic carbocycles. The van der Waals surface area contributed by atoms with E-state index >= 15 is 0 Å². The zero-order valence-corrected chi connectivity index (χ0v) is 12.5. The summed E-state index contributed by atoms with van der Waals surface area (Å²) in [6.07, 6.45) is 8.55. The van der Waals surface area contributed by atoms with E-state index in [2.05, 4.69) is 10.4 Å². The molecule has 4 bridgehead atoms. The second-order valence-electron chi connectivity index (χ2n) is 7.44. The Hall–Kier alpha value is -1.85. The van der Waals surface area contributed by atoms with Crippen LogP contribution < -0.4 is 5.32 Å². The van der Waals surface area contributed by atoms with Gasteiger partial charge in [-0.2, -0.15) is 5.10 Å². The lowest BCUT2D eigenvalue weighted by Crippen LogP contribution is -2.51. The predicted octanol–water partition coefficient (Wildman–Crippen LogP) is 2.12. The van der Waals surface area contributed by atoms with E-state index in [1.807, 2.05) is 0 Å². The zero-order chi connectivity index (χ0) is 15.3. The van der Waals surface area contributed by atoms with E-state index in [-0.39, 0.29) is 17.9 Å². The Balaban J connectivity index is 1.48. The van der Waals surface area contributed by atoms with Crippen molar-refractivity contribution in [1.29, 1.82) is 0 Å². The van der Waals surface area contributed by atoms with Gasteiger partial charge in [-0.1, -0.05) is 0 Å². The van der Waals surface area contributed by atoms with Crippen molar-refractivity contribution in [3.05, 3.63) is 12.3 Å². The molecular formula is C16H21N3O3. The van der Waals surface area contributed by atoms with Crippen LogP contribution in [-0.4, -0.2) is 26.8 Å². The van der Waals surface area contributed by atoms with Crippen molar-refractivity contribution in [3.63, 3.8) is 0 Å². The van der Waals surface area contributed by atoms with Crippen LogP contribution in [0.1, 0.15) is 38.5 Å². The predicted molar refractivity (Wildman–Crippen MR) is 79.1 cm³/mol. The van der Waals surface area contributed by atoms with Gasteiger partial charge in [0.15, 0.2) is 5.82 Å². The number of carbonyl (C=O) groups excluding carboxylic acids is 1. The highest BCUT2D eigenvalue weighted by atomic mass is 16.4. The van der Waals surface area contributed by atoms with Crippen LogP contribution in [0.5, 0.6) is 0 Å². The highest BCUT2D eigenvalue weighted by Gasteiger charge is 2.54. The van der Waals surface area contributed by atoms with Crippen molar-refractivity contribution >= 4 is 17.7 Å². The van der Waals surface area contributed by atoms with E-state index in [4.69, 9.17) is 5.11 Å². The molecule has 6 heteroatoms. The molecule has 4 aliphatic rings. The molecule has 4 aliphatic carbocycles. The van der Waals surface area contributed by atoms with Gasteiger partial charge in [0.05, 0.1) is 5.41 Å². The SMILES string of the molecule is O=C(O)Cn1ccc(NC(=O)C23CC4CC(CC(C4)C2)C3)n1. The van der Waals surface area contributed by atoms with Gasteiger partial charge in [0.1, 0.15) is 6.54 Å². The number of aliphatic carboxylic acids is 1. The van der Waals surface area contributed by atoms with Gasteiger partial charge in [0.2, 0.25) is 5.91 Å². The molecule has 0 spiro atoms. The second kappa shape index (κ2) is 4.83. The minimum absolute atomic E-state index is 0.0900. The molecule has 0 aliphatic heterocycles. The number of carbonyl (C=O) groups is 2. The normalized spacial score (nSPS) is 35.5. The van der Waals surface area contributed by atoms with Gasteiger partial charge in [-0.25, -0.2) is 0 Å². The Labute approximate surface area is 128 Å². The maximum Gasteiger partial charge on any atom is 0.325 e. The molecule has 118 valence electrons. The fraction of sp³-hybridized carbons (Fsp3) is 0.688. The van der Waals surface area contributed by atoms with Crippen LogP contribution in [0.2, 0.25) is 0 Å². The first-order valence-corrected chi connectivity index (χ1v) is 8.09. The standard InChI is InChI=1S/C16H21N3O3/c20-14(21)9-19-2-1-13(18-19)17-15(22)16-6-10-3-11(7-16)5-12(4-10)8-16/h1-2,10-12H,3-9H2,(H,20,21)(H,17,18,22). The molecule has 0 saturated heterocycles. The Morgan fingerprint density at radius 1 is 1.23 bits per heavy atom. The van der Waals surface area contributed by atoms with Gasteiger partial charge in [0.25, 0.3) is 0 Å². The van der Waals surface area contributed by atoms with Crippen LogP contribution in [0, 0.1) is 23.2 Å². The van der Waals surface area contributed by atoms with Gasteiger partial charge in [-0.05, 0) is 56.3 Å². The van der Waals surface area contributed by atoms with E-state index in [0.29, 0.717) is 5.82 Å². The number of rotatable bonds is 4. The minimum Gasteiger partial charge on any atom is -0.480 e. The smallest absolute Gasteiger partial charge is 0.325 e. The van der Waals surface area contributed by atoms with E-state index in [1.54, 1.807) is 12.3 Å². The van der Waals surface area contributed by atoms with Crippen molar-refractivity contribution in [2.24, 2.45) is 23.2 Å². The zero-order valence-electron chi connectivity index (χ0n) is 12.5. The summed E-state index contributed by atoms with van der Waals surface area (Å²) in [5.41, 5.74) is -0.203. The Bertz CT molecular complexity index is 587. The summed E-state index contributed by atoms with van der Waals surface area (Å²) >= 11 is 0. The molecule has 0 atom stereocenters. The number of carboxylic acid groups (broad SMARTS) is 1. The maximum atomic E-state index is 12.8. The summed E-state index contributed by atoms with van der Waals surface area (Å²) in [5, 5.41) is 15.8. The van der Waals surface area contributed by atoms with Crippen LogP contribution in [0.15, 0.2) is 12.3 Å². The monoisotopic (exact) mass is 303 g/mol. The molecular weight excluding hydrogens is 282 g/mol. The van der Waals surface area contributed by atoms with E-state index in [0.717, 1.165) is 37.0 Å². The van der Waals surface area contributed by atoms with Crippen molar-refractivity contribution < 1.29 is 14.7 Å². The topological polar surface area (TPSA) is 84.2 Å². The number of nitrogens with zero attached hydrogens (tertiary/aromatic N) is 2. The molecule has 4 saturated carbocycles. The second-order valence-corrected chi connectivity index (χ2v) is 7.44. The van der Waals surface area contributed by atoms with E-state index in [9.17, 15) is 9.59 Å². The third kappa shape index (κ3) is 2.30. The highest BCUT2D eigenvalue weighted by Crippen LogP contribution is 2.60. The largest absolute Gasteiger partial charge is 0.480 e. The van der Waals surface area contributed by atoms with Crippen molar-refractivity contribution in [2.75, 3.05) is 5.32 Å². The molecule has 1 heterocycles. The van der Waals surface area contributed by atoms with Crippen LogP contribution in [0.25, 0.3) is 0 Å². The van der Waals surface area contributed by atoms with E-state index in [1.165, 1.54) is 23.9 Å². The Morgan fingerprint density at radius 3 is 2.36 bits per heavy atom. The van der Waals surface area contributed by atoms with Crippen LogP contribution in [-0.2, 0) is 16.1 Å². The summed E-state index contributed by atoms with van der Waals surface area (Å²) < 4.78 is 1.33. The fourth-order valence-electron chi connectivity index (χ4n) is 5.29. The molecule has 5 rings (SSSR count).